The molecule has 33 heavy (non-hydrogen) atoms. The van der Waals surface area contributed by atoms with Gasteiger partial charge in [-0.05, 0) is 50.2 Å². The molecule has 0 saturated heterocycles. The summed E-state index contributed by atoms with van der Waals surface area (Å²) in [7, 11) is 0. The predicted molar refractivity (Wildman–Crippen MR) is 138 cm³/mol. The maximum absolute atomic E-state index is 6.45. The van der Waals surface area contributed by atoms with Gasteiger partial charge in [-0.2, -0.15) is 0 Å². The van der Waals surface area contributed by atoms with E-state index < -0.39 is 0 Å². The van der Waals surface area contributed by atoms with Crippen LogP contribution >= 0.6 is 0 Å². The van der Waals surface area contributed by atoms with Crippen LogP contribution < -0.4 is 0 Å². The largest absolute Gasteiger partial charge is 0.456 e. The molecule has 0 fully saturated rings. The van der Waals surface area contributed by atoms with Gasteiger partial charge >= 0.3 is 0 Å². The number of furan rings is 1. The second kappa shape index (κ2) is 6.59. The minimum absolute atomic E-state index is 0.0459. The van der Waals surface area contributed by atoms with Crippen molar-refractivity contribution >= 4 is 32.7 Å². The molecule has 0 unspecified atom stereocenters. The molecule has 0 N–H and O–H groups in total. The zero-order chi connectivity index (χ0) is 22.2. The van der Waals surface area contributed by atoms with Crippen molar-refractivity contribution in [3.8, 4) is 11.1 Å². The van der Waals surface area contributed by atoms with E-state index in [-0.39, 0.29) is 5.41 Å². The van der Waals surface area contributed by atoms with Crippen molar-refractivity contribution in [3.63, 3.8) is 0 Å². The quantitative estimate of drug-likeness (QED) is 0.271. The Kier molecular flexibility index (Phi) is 3.73. The highest BCUT2D eigenvalue weighted by molar-refractivity contribution is 6.19. The van der Waals surface area contributed by atoms with Crippen LogP contribution in [-0.4, -0.2) is 0 Å². The molecule has 0 radical (unpaired) electrons. The third-order valence-electron chi connectivity index (χ3n) is 7.51. The second-order valence-corrected chi connectivity index (χ2v) is 9.78. The third kappa shape index (κ3) is 2.60. The molecule has 1 heterocycles. The monoisotopic (exact) mass is 424 g/mol. The second-order valence-electron chi connectivity index (χ2n) is 9.78. The zero-order valence-corrected chi connectivity index (χ0v) is 18.9. The van der Waals surface area contributed by atoms with Crippen LogP contribution in [0.15, 0.2) is 101 Å². The Bertz CT molecular complexity index is 1710. The normalized spacial score (nSPS) is 14.1. The fourth-order valence-corrected chi connectivity index (χ4v) is 5.86. The summed E-state index contributed by atoms with van der Waals surface area (Å²) < 4.78 is 6.45. The highest BCUT2D eigenvalue weighted by Crippen LogP contribution is 2.48. The first-order valence-corrected chi connectivity index (χ1v) is 11.7. The highest BCUT2D eigenvalue weighted by atomic mass is 16.3. The van der Waals surface area contributed by atoms with E-state index in [0.29, 0.717) is 0 Å². The molecule has 6 aromatic rings. The molecule has 0 spiro atoms. The predicted octanol–water partition coefficient (Wildman–Crippen LogP) is 8.64. The zero-order valence-electron chi connectivity index (χ0n) is 18.9. The first kappa shape index (κ1) is 18.7. The van der Waals surface area contributed by atoms with Crippen LogP contribution in [0.2, 0.25) is 0 Å². The molecule has 158 valence electrons. The van der Waals surface area contributed by atoms with Crippen molar-refractivity contribution in [1.82, 2.24) is 0 Å². The third-order valence-corrected chi connectivity index (χ3v) is 7.51. The summed E-state index contributed by atoms with van der Waals surface area (Å²) >= 11 is 0. The van der Waals surface area contributed by atoms with Crippen molar-refractivity contribution in [2.24, 2.45) is 0 Å². The SMILES string of the molecule is CC1(C)c2ccccc2-c2cc(Cc3cccc4c3oc3ccc5ccccc5c34)ccc21. The lowest BCUT2D eigenvalue weighted by Crippen LogP contribution is -2.14. The standard InChI is InChI=1S/C32H24O/c1-32(2)27-13-6-5-11-24(27)26-19-20(14-16-28(26)32)18-22-9-7-12-25-30-23-10-4-3-8-21(23)15-17-29(30)33-31(22)25/h3-17,19H,18H2,1-2H3. The number of hydrogen-bond donors (Lipinski definition) is 0. The first-order valence-electron chi connectivity index (χ1n) is 11.7. The van der Waals surface area contributed by atoms with Crippen molar-refractivity contribution in [3.05, 3.63) is 119 Å². The lowest BCUT2D eigenvalue weighted by Gasteiger charge is -2.21. The first-order chi connectivity index (χ1) is 16.1. The van der Waals surface area contributed by atoms with Crippen LogP contribution in [0.4, 0.5) is 0 Å². The highest BCUT2D eigenvalue weighted by Gasteiger charge is 2.35. The molecule has 0 aliphatic heterocycles. The molecule has 1 heteroatoms. The average Bonchev–Trinajstić information content (AvgIpc) is 3.34. The van der Waals surface area contributed by atoms with E-state index in [9.17, 15) is 0 Å². The van der Waals surface area contributed by atoms with Crippen LogP contribution in [0, 0.1) is 0 Å². The van der Waals surface area contributed by atoms with E-state index in [1.54, 1.807) is 0 Å². The van der Waals surface area contributed by atoms with E-state index in [2.05, 4.69) is 111 Å². The van der Waals surface area contributed by atoms with Crippen molar-refractivity contribution in [2.45, 2.75) is 25.7 Å². The van der Waals surface area contributed by atoms with E-state index in [0.717, 1.165) is 17.6 Å². The van der Waals surface area contributed by atoms with E-state index >= 15 is 0 Å². The van der Waals surface area contributed by atoms with Gasteiger partial charge in [-0.3, -0.25) is 0 Å². The molecule has 0 saturated carbocycles. The van der Waals surface area contributed by atoms with Crippen molar-refractivity contribution in [2.75, 3.05) is 0 Å². The summed E-state index contributed by atoms with van der Waals surface area (Å²) in [5.41, 5.74) is 10.1. The van der Waals surface area contributed by atoms with Gasteiger partial charge in [0, 0.05) is 22.6 Å². The molecular formula is C32H24O. The van der Waals surface area contributed by atoms with Crippen LogP contribution in [0.1, 0.15) is 36.1 Å². The van der Waals surface area contributed by atoms with Gasteiger partial charge in [-0.1, -0.05) is 105 Å². The maximum atomic E-state index is 6.45. The summed E-state index contributed by atoms with van der Waals surface area (Å²) in [6, 6.07) is 35.2. The summed E-state index contributed by atoms with van der Waals surface area (Å²) in [4.78, 5) is 0. The van der Waals surface area contributed by atoms with Gasteiger partial charge in [0.1, 0.15) is 11.2 Å². The Balaban J connectivity index is 1.38. The minimum atomic E-state index is 0.0459. The van der Waals surface area contributed by atoms with E-state index in [4.69, 9.17) is 4.42 Å². The fraction of sp³-hybridized carbons (Fsp3) is 0.125. The van der Waals surface area contributed by atoms with Gasteiger partial charge in [-0.25, -0.2) is 0 Å². The van der Waals surface area contributed by atoms with Crippen LogP contribution in [0.5, 0.6) is 0 Å². The van der Waals surface area contributed by atoms with Gasteiger partial charge in [-0.15, -0.1) is 0 Å². The number of para-hydroxylation sites is 1. The van der Waals surface area contributed by atoms with Gasteiger partial charge in [0.15, 0.2) is 0 Å². The summed E-state index contributed by atoms with van der Waals surface area (Å²) in [6.45, 7) is 4.66. The molecule has 0 atom stereocenters. The molecule has 5 aromatic carbocycles. The number of benzene rings is 5. The van der Waals surface area contributed by atoms with Crippen molar-refractivity contribution < 1.29 is 4.42 Å². The molecule has 0 bridgehead atoms. The molecule has 1 aromatic heterocycles. The maximum Gasteiger partial charge on any atom is 0.138 e. The van der Waals surface area contributed by atoms with E-state index in [1.807, 2.05) is 0 Å². The number of rotatable bonds is 2. The van der Waals surface area contributed by atoms with Crippen LogP contribution in [0.25, 0.3) is 43.8 Å². The van der Waals surface area contributed by atoms with Crippen molar-refractivity contribution in [1.29, 1.82) is 0 Å². The summed E-state index contributed by atoms with van der Waals surface area (Å²) in [5.74, 6) is 0. The van der Waals surface area contributed by atoms with Crippen LogP contribution in [-0.2, 0) is 11.8 Å². The Hall–Kier alpha value is -3.84. The van der Waals surface area contributed by atoms with Gasteiger partial charge in [0.2, 0.25) is 0 Å². The lowest BCUT2D eigenvalue weighted by molar-refractivity contribution is 0.659. The Labute approximate surface area is 193 Å². The molecule has 0 amide bonds. The van der Waals surface area contributed by atoms with E-state index in [1.165, 1.54) is 54.9 Å². The summed E-state index contributed by atoms with van der Waals surface area (Å²) in [5, 5.41) is 4.92. The average molecular weight is 425 g/mol. The molecule has 7 rings (SSSR count). The Morgan fingerprint density at radius 3 is 2.39 bits per heavy atom. The van der Waals surface area contributed by atoms with Gasteiger partial charge < -0.3 is 4.42 Å². The van der Waals surface area contributed by atoms with Gasteiger partial charge in [0.05, 0.1) is 0 Å². The van der Waals surface area contributed by atoms with Gasteiger partial charge in [0.25, 0.3) is 0 Å². The topological polar surface area (TPSA) is 13.1 Å². The fourth-order valence-electron chi connectivity index (χ4n) is 5.86. The minimum Gasteiger partial charge on any atom is -0.456 e. The van der Waals surface area contributed by atoms with Crippen LogP contribution in [0.3, 0.4) is 0 Å². The number of hydrogen-bond acceptors (Lipinski definition) is 1. The molecule has 1 aliphatic rings. The Morgan fingerprint density at radius 1 is 0.667 bits per heavy atom. The number of fused-ring (bicyclic) bond motifs is 8. The Morgan fingerprint density at radius 2 is 1.45 bits per heavy atom. The molecule has 1 nitrogen and oxygen atoms in total. The molecule has 1 aliphatic carbocycles. The smallest absolute Gasteiger partial charge is 0.138 e. The summed E-state index contributed by atoms with van der Waals surface area (Å²) in [6.07, 6.45) is 0.852. The molecular weight excluding hydrogens is 400 g/mol. The lowest BCUT2D eigenvalue weighted by atomic mass is 9.82.